The van der Waals surface area contributed by atoms with Crippen LogP contribution in [0.2, 0.25) is 0 Å². The van der Waals surface area contributed by atoms with Gasteiger partial charge < -0.3 is 21.3 Å². The van der Waals surface area contributed by atoms with Crippen LogP contribution < -0.4 is 21.3 Å². The molecule has 4 nitrogen and oxygen atoms in total. The van der Waals surface area contributed by atoms with E-state index in [1.54, 1.807) is 7.05 Å². The molecule has 0 unspecified atom stereocenters. The predicted octanol–water partition coefficient (Wildman–Crippen LogP) is 1.71. The number of hydrogen-bond acceptors (Lipinski definition) is 3. The summed E-state index contributed by atoms with van der Waals surface area (Å²) in [7, 11) is 3.59. The number of rotatable bonds is 4. The van der Waals surface area contributed by atoms with Gasteiger partial charge in [-0.3, -0.25) is 0 Å². The highest BCUT2D eigenvalue weighted by molar-refractivity contribution is 7.80. The Kier molecular flexibility index (Phi) is 4.60. The van der Waals surface area contributed by atoms with Crippen LogP contribution in [0.4, 0.5) is 11.4 Å². The van der Waals surface area contributed by atoms with Gasteiger partial charge in [0.15, 0.2) is 5.11 Å². The van der Waals surface area contributed by atoms with Crippen LogP contribution in [0.25, 0.3) is 0 Å². The van der Waals surface area contributed by atoms with Gasteiger partial charge in [-0.1, -0.05) is 12.6 Å². The van der Waals surface area contributed by atoms with Gasteiger partial charge in [0, 0.05) is 25.5 Å². The molecule has 0 amide bonds. The average molecular weight is 236 g/mol. The van der Waals surface area contributed by atoms with Gasteiger partial charge in [-0.15, -0.1) is 0 Å². The highest BCUT2D eigenvalue weighted by atomic mass is 32.1. The van der Waals surface area contributed by atoms with Gasteiger partial charge in [-0.05, 0) is 30.4 Å². The molecule has 0 aromatic heterocycles. The minimum absolute atomic E-state index is 0.588. The predicted molar refractivity (Wildman–Crippen MR) is 73.5 cm³/mol. The monoisotopic (exact) mass is 236 g/mol. The molecule has 0 aliphatic rings. The largest absolute Gasteiger partial charge is 0.375 e. The maximum Gasteiger partial charge on any atom is 0.170 e. The van der Waals surface area contributed by atoms with E-state index in [-0.39, 0.29) is 0 Å². The van der Waals surface area contributed by atoms with E-state index < -0.39 is 0 Å². The molecular weight excluding hydrogens is 220 g/mol. The summed E-state index contributed by atoms with van der Waals surface area (Å²) in [4.78, 5) is 0. The van der Waals surface area contributed by atoms with Gasteiger partial charge in [0.25, 0.3) is 0 Å². The molecule has 5 heteroatoms. The Bertz CT molecular complexity index is 356. The number of anilines is 2. The fourth-order valence-electron chi connectivity index (χ4n) is 1.11. The third-order valence-corrected chi connectivity index (χ3v) is 2.25. The lowest BCUT2D eigenvalue weighted by atomic mass is 10.3. The van der Waals surface area contributed by atoms with Gasteiger partial charge in [-0.25, -0.2) is 0 Å². The summed E-state index contributed by atoms with van der Waals surface area (Å²) >= 11 is 5.02. The SMILES string of the molecule is C=C(NC)Nc1cccc(NC(=S)NC)c1. The molecule has 0 bridgehead atoms. The first-order chi connectivity index (χ1) is 7.65. The summed E-state index contributed by atoms with van der Waals surface area (Å²) in [6, 6.07) is 7.78. The second kappa shape index (κ2) is 5.97. The van der Waals surface area contributed by atoms with Gasteiger partial charge >= 0.3 is 0 Å². The first kappa shape index (κ1) is 12.3. The van der Waals surface area contributed by atoms with Crippen LogP contribution in [0.3, 0.4) is 0 Å². The molecule has 0 fully saturated rings. The molecule has 0 heterocycles. The molecule has 0 aliphatic carbocycles. The molecule has 0 saturated carbocycles. The number of nitrogens with one attached hydrogen (secondary N) is 4. The minimum atomic E-state index is 0.588. The van der Waals surface area contributed by atoms with Gasteiger partial charge in [0.05, 0.1) is 5.82 Å². The minimum Gasteiger partial charge on any atom is -0.375 e. The summed E-state index contributed by atoms with van der Waals surface area (Å²) in [5.41, 5.74) is 1.87. The van der Waals surface area contributed by atoms with Crippen LogP contribution in [0.1, 0.15) is 0 Å². The van der Waals surface area contributed by atoms with Crippen molar-refractivity contribution >= 4 is 28.7 Å². The summed E-state index contributed by atoms with van der Waals surface area (Å²) in [6.45, 7) is 3.79. The van der Waals surface area contributed by atoms with Crippen molar-refractivity contribution < 1.29 is 0 Å². The topological polar surface area (TPSA) is 48.1 Å². The number of hydrogen-bond donors (Lipinski definition) is 4. The van der Waals surface area contributed by atoms with E-state index in [4.69, 9.17) is 12.2 Å². The van der Waals surface area contributed by atoms with Crippen LogP contribution in [0, 0.1) is 0 Å². The zero-order valence-corrected chi connectivity index (χ0v) is 10.2. The highest BCUT2D eigenvalue weighted by Gasteiger charge is 1.97. The molecule has 1 aromatic carbocycles. The number of thiocarbonyl (C=S) groups is 1. The first-order valence-corrected chi connectivity index (χ1v) is 5.29. The van der Waals surface area contributed by atoms with Crippen molar-refractivity contribution in [2.45, 2.75) is 0 Å². The summed E-state index contributed by atoms with van der Waals surface area (Å²) in [6.07, 6.45) is 0. The fraction of sp³-hybridized carbons (Fsp3) is 0.182. The van der Waals surface area contributed by atoms with E-state index in [0.717, 1.165) is 17.2 Å². The van der Waals surface area contributed by atoms with Crippen LogP contribution >= 0.6 is 12.2 Å². The van der Waals surface area contributed by atoms with Crippen molar-refractivity contribution in [3.05, 3.63) is 36.7 Å². The Hall–Kier alpha value is -1.75. The molecule has 0 atom stereocenters. The Labute approximate surface area is 101 Å². The second-order valence-electron chi connectivity index (χ2n) is 3.14. The van der Waals surface area contributed by atoms with Crippen LogP contribution in [0.5, 0.6) is 0 Å². The van der Waals surface area contributed by atoms with E-state index in [0.29, 0.717) is 5.11 Å². The van der Waals surface area contributed by atoms with E-state index in [1.165, 1.54) is 0 Å². The molecule has 0 aliphatic heterocycles. The molecular formula is C11H16N4S. The van der Waals surface area contributed by atoms with Crippen molar-refractivity contribution in [1.82, 2.24) is 10.6 Å². The van der Waals surface area contributed by atoms with Crippen molar-refractivity contribution in [2.24, 2.45) is 0 Å². The smallest absolute Gasteiger partial charge is 0.170 e. The zero-order valence-electron chi connectivity index (χ0n) is 9.42. The molecule has 1 aromatic rings. The normalized spacial score (nSPS) is 9.12. The fourth-order valence-corrected chi connectivity index (χ4v) is 1.22. The third kappa shape index (κ3) is 3.78. The quantitative estimate of drug-likeness (QED) is 0.600. The molecule has 1 rings (SSSR count). The first-order valence-electron chi connectivity index (χ1n) is 4.88. The van der Waals surface area contributed by atoms with Crippen molar-refractivity contribution in [1.29, 1.82) is 0 Å². The van der Waals surface area contributed by atoms with Gasteiger partial charge in [0.1, 0.15) is 0 Å². The van der Waals surface area contributed by atoms with Crippen LogP contribution in [-0.2, 0) is 0 Å². The van der Waals surface area contributed by atoms with Gasteiger partial charge in [-0.2, -0.15) is 0 Å². The molecule has 0 radical (unpaired) electrons. The molecule has 86 valence electrons. The Morgan fingerprint density at radius 2 is 1.75 bits per heavy atom. The zero-order chi connectivity index (χ0) is 12.0. The lowest BCUT2D eigenvalue weighted by Gasteiger charge is -2.11. The molecule has 16 heavy (non-hydrogen) atoms. The molecule has 0 spiro atoms. The van der Waals surface area contributed by atoms with E-state index in [9.17, 15) is 0 Å². The maximum atomic E-state index is 5.02. The Morgan fingerprint density at radius 3 is 2.31 bits per heavy atom. The summed E-state index contributed by atoms with van der Waals surface area (Å²) in [5, 5.41) is 12.5. The summed E-state index contributed by atoms with van der Waals surface area (Å²) < 4.78 is 0. The van der Waals surface area contributed by atoms with E-state index >= 15 is 0 Å². The van der Waals surface area contributed by atoms with Crippen molar-refractivity contribution in [2.75, 3.05) is 24.7 Å². The van der Waals surface area contributed by atoms with Crippen molar-refractivity contribution in [3.63, 3.8) is 0 Å². The molecule has 4 N–H and O–H groups in total. The second-order valence-corrected chi connectivity index (χ2v) is 3.55. The standard InChI is InChI=1S/C11H16N4S/c1-8(12-2)14-9-5-4-6-10(7-9)15-11(16)13-3/h4-7,12,14H,1H2,2-3H3,(H2,13,15,16). The van der Waals surface area contributed by atoms with Crippen molar-refractivity contribution in [3.8, 4) is 0 Å². The Morgan fingerprint density at radius 1 is 1.12 bits per heavy atom. The van der Waals surface area contributed by atoms with Gasteiger partial charge in [0.2, 0.25) is 0 Å². The Balaban J connectivity index is 2.71. The lowest BCUT2D eigenvalue weighted by molar-refractivity contribution is 1.00. The van der Waals surface area contributed by atoms with E-state index in [2.05, 4.69) is 27.8 Å². The lowest BCUT2D eigenvalue weighted by Crippen LogP contribution is -2.24. The maximum absolute atomic E-state index is 5.02. The third-order valence-electron chi connectivity index (χ3n) is 1.94. The average Bonchev–Trinajstić information content (AvgIpc) is 2.29. The highest BCUT2D eigenvalue weighted by Crippen LogP contribution is 2.15. The van der Waals surface area contributed by atoms with Crippen LogP contribution in [0.15, 0.2) is 36.7 Å². The number of benzene rings is 1. The van der Waals surface area contributed by atoms with E-state index in [1.807, 2.05) is 31.3 Å². The summed E-state index contributed by atoms with van der Waals surface area (Å²) in [5.74, 6) is 0.744. The molecule has 0 saturated heterocycles. The van der Waals surface area contributed by atoms with Crippen LogP contribution in [-0.4, -0.2) is 19.2 Å².